The molecule has 0 heterocycles. The van der Waals surface area contributed by atoms with Gasteiger partial charge in [-0.3, -0.25) is 0 Å². The minimum atomic E-state index is -2.16. The highest BCUT2D eigenvalue weighted by molar-refractivity contribution is 6.41. The number of benzene rings is 1. The highest BCUT2D eigenvalue weighted by atomic mass is 19.2. The van der Waals surface area contributed by atoms with E-state index < -0.39 is 34.6 Å². The van der Waals surface area contributed by atoms with Crippen LogP contribution in [0, 0.1) is 29.1 Å². The molecule has 1 aromatic rings. The highest BCUT2D eigenvalue weighted by Gasteiger charge is 2.25. The summed E-state index contributed by atoms with van der Waals surface area (Å²) in [4.78, 5) is 0. The van der Waals surface area contributed by atoms with Gasteiger partial charge in [0.15, 0.2) is 23.3 Å². The lowest BCUT2D eigenvalue weighted by atomic mass is 9.89. The molecule has 0 atom stereocenters. The zero-order valence-corrected chi connectivity index (χ0v) is 7.10. The Labute approximate surface area is 77.5 Å². The molecule has 74 valence electrons. The van der Waals surface area contributed by atoms with Gasteiger partial charge in [-0.05, 0) is 0 Å². The Hall–Kier alpha value is -1.33. The normalized spacial score (nSPS) is 10.4. The maximum atomic E-state index is 12.9. The Morgan fingerprint density at radius 3 is 1.36 bits per heavy atom. The molecule has 0 N–H and O–H groups in total. The molecule has 0 aromatic heterocycles. The Morgan fingerprint density at radius 1 is 0.786 bits per heavy atom. The molecule has 0 nitrogen and oxygen atoms in total. The van der Waals surface area contributed by atoms with Crippen LogP contribution in [-0.4, -0.2) is 7.85 Å². The summed E-state index contributed by atoms with van der Waals surface area (Å²) in [5.74, 6) is -9.78. The van der Waals surface area contributed by atoms with Crippen LogP contribution in [0.4, 0.5) is 22.0 Å². The lowest BCUT2D eigenvalue weighted by Crippen LogP contribution is -2.06. The van der Waals surface area contributed by atoms with Crippen molar-refractivity contribution >= 4 is 13.3 Å². The van der Waals surface area contributed by atoms with E-state index in [2.05, 4.69) is 6.58 Å². The Morgan fingerprint density at radius 2 is 1.07 bits per heavy atom. The van der Waals surface area contributed by atoms with E-state index in [1.807, 2.05) is 0 Å². The van der Waals surface area contributed by atoms with Crippen molar-refractivity contribution in [3.8, 4) is 0 Å². The zero-order valence-electron chi connectivity index (χ0n) is 7.10. The smallest absolute Gasteiger partial charge is 0.200 e. The van der Waals surface area contributed by atoms with Crippen LogP contribution in [0.3, 0.4) is 0 Å². The molecule has 1 aromatic carbocycles. The zero-order chi connectivity index (χ0) is 11.0. The molecule has 0 spiro atoms. The van der Waals surface area contributed by atoms with Crippen LogP contribution in [0.5, 0.6) is 0 Å². The molecule has 14 heavy (non-hydrogen) atoms. The van der Waals surface area contributed by atoms with E-state index in [1.54, 1.807) is 0 Å². The van der Waals surface area contributed by atoms with Gasteiger partial charge in [0.05, 0.1) is 0 Å². The summed E-state index contributed by atoms with van der Waals surface area (Å²) in [5.41, 5.74) is -1.20. The summed E-state index contributed by atoms with van der Waals surface area (Å²) in [6, 6.07) is 0. The Kier molecular flexibility index (Phi) is 2.64. The van der Waals surface area contributed by atoms with Gasteiger partial charge in [0.2, 0.25) is 5.82 Å². The average molecular weight is 206 g/mol. The van der Waals surface area contributed by atoms with E-state index in [-0.39, 0.29) is 5.47 Å². The molecule has 0 radical (unpaired) electrons. The lowest BCUT2D eigenvalue weighted by molar-refractivity contribution is 0.376. The molecule has 1 rings (SSSR count). The van der Waals surface area contributed by atoms with Crippen molar-refractivity contribution in [2.75, 3.05) is 0 Å². The van der Waals surface area contributed by atoms with Crippen molar-refractivity contribution in [1.82, 2.24) is 0 Å². The molecule has 0 aliphatic rings. The Balaban J connectivity index is 3.68. The standard InChI is InChI=1S/C8H4BF5/c1-2(9)3-4(10)6(12)8(14)7(13)5(3)11/h1,9H2. The number of halogens is 5. The number of hydrogen-bond donors (Lipinski definition) is 0. The SMILES string of the molecule is BC(=C)c1c(F)c(F)c(F)c(F)c1F. The predicted molar refractivity (Wildman–Crippen MR) is 43.8 cm³/mol. The second kappa shape index (κ2) is 3.44. The first-order valence-electron chi connectivity index (χ1n) is 3.55. The summed E-state index contributed by atoms with van der Waals surface area (Å²) < 4.78 is 63.4. The van der Waals surface area contributed by atoms with Crippen LogP contribution in [-0.2, 0) is 0 Å². The summed E-state index contributed by atoms with van der Waals surface area (Å²) in [5, 5.41) is 0. The fourth-order valence-corrected chi connectivity index (χ4v) is 0.980. The van der Waals surface area contributed by atoms with E-state index in [0.717, 1.165) is 7.85 Å². The molecule has 0 amide bonds. The number of rotatable bonds is 1. The predicted octanol–water partition coefficient (Wildman–Crippen LogP) is 1.99. The van der Waals surface area contributed by atoms with Crippen molar-refractivity contribution in [2.24, 2.45) is 0 Å². The molecule has 0 saturated heterocycles. The molecule has 0 aliphatic carbocycles. The van der Waals surface area contributed by atoms with E-state index in [9.17, 15) is 22.0 Å². The van der Waals surface area contributed by atoms with Gasteiger partial charge in [0, 0.05) is 5.56 Å². The first-order valence-corrected chi connectivity index (χ1v) is 3.55. The van der Waals surface area contributed by atoms with Gasteiger partial charge < -0.3 is 0 Å². The molecule has 6 heteroatoms. The van der Waals surface area contributed by atoms with Crippen LogP contribution in [0.25, 0.3) is 5.47 Å². The Bertz CT molecular complexity index is 384. The summed E-state index contributed by atoms with van der Waals surface area (Å²) in [6.45, 7) is 3.12. The van der Waals surface area contributed by atoms with Gasteiger partial charge in [-0.1, -0.05) is 5.47 Å². The van der Waals surface area contributed by atoms with Crippen LogP contribution in [0.15, 0.2) is 6.58 Å². The van der Waals surface area contributed by atoms with E-state index in [4.69, 9.17) is 0 Å². The maximum Gasteiger partial charge on any atom is 0.200 e. The molecular formula is C8H4BF5. The third-order valence-corrected chi connectivity index (χ3v) is 1.64. The maximum absolute atomic E-state index is 12.9. The fraction of sp³-hybridized carbons (Fsp3) is 0. The minimum absolute atomic E-state index is 0.224. The fourth-order valence-electron chi connectivity index (χ4n) is 0.980. The summed E-state index contributed by atoms with van der Waals surface area (Å²) in [7, 11) is 1.15. The largest absolute Gasteiger partial charge is 0.203 e. The molecular weight excluding hydrogens is 202 g/mol. The highest BCUT2D eigenvalue weighted by Crippen LogP contribution is 2.25. The first-order chi connectivity index (χ1) is 6.37. The molecule has 0 unspecified atom stereocenters. The van der Waals surface area contributed by atoms with Gasteiger partial charge in [-0.2, -0.15) is 0 Å². The van der Waals surface area contributed by atoms with E-state index >= 15 is 0 Å². The lowest BCUT2D eigenvalue weighted by Gasteiger charge is -2.06. The van der Waals surface area contributed by atoms with Crippen LogP contribution in [0.1, 0.15) is 5.56 Å². The van der Waals surface area contributed by atoms with Crippen molar-refractivity contribution in [2.45, 2.75) is 0 Å². The molecule has 0 aliphatic heterocycles. The molecule has 0 fully saturated rings. The first kappa shape index (κ1) is 10.8. The summed E-state index contributed by atoms with van der Waals surface area (Å²) in [6.07, 6.45) is 0. The third-order valence-electron chi connectivity index (χ3n) is 1.64. The van der Waals surface area contributed by atoms with Gasteiger partial charge in [-0.25, -0.2) is 22.0 Å². The van der Waals surface area contributed by atoms with Crippen LogP contribution < -0.4 is 0 Å². The van der Waals surface area contributed by atoms with Crippen molar-refractivity contribution < 1.29 is 22.0 Å². The summed E-state index contributed by atoms with van der Waals surface area (Å²) >= 11 is 0. The van der Waals surface area contributed by atoms with Gasteiger partial charge >= 0.3 is 0 Å². The average Bonchev–Trinajstić information content (AvgIpc) is 2.11. The number of hydrogen-bond acceptors (Lipinski definition) is 0. The van der Waals surface area contributed by atoms with Crippen molar-refractivity contribution in [3.05, 3.63) is 41.2 Å². The molecule has 0 saturated carbocycles. The van der Waals surface area contributed by atoms with Gasteiger partial charge in [0.25, 0.3) is 0 Å². The second-order valence-electron chi connectivity index (χ2n) is 2.73. The van der Waals surface area contributed by atoms with Crippen LogP contribution in [0.2, 0.25) is 0 Å². The van der Waals surface area contributed by atoms with Crippen LogP contribution >= 0.6 is 0 Å². The topological polar surface area (TPSA) is 0 Å². The monoisotopic (exact) mass is 206 g/mol. The van der Waals surface area contributed by atoms with E-state index in [1.165, 1.54) is 0 Å². The van der Waals surface area contributed by atoms with Gasteiger partial charge in [-0.15, -0.1) is 6.58 Å². The molecule has 0 bridgehead atoms. The quantitative estimate of drug-likeness (QED) is 0.285. The van der Waals surface area contributed by atoms with E-state index in [0.29, 0.717) is 0 Å². The van der Waals surface area contributed by atoms with Gasteiger partial charge in [0.1, 0.15) is 7.85 Å². The van der Waals surface area contributed by atoms with Crippen molar-refractivity contribution in [1.29, 1.82) is 0 Å². The minimum Gasteiger partial charge on any atom is -0.203 e. The third kappa shape index (κ3) is 1.40. The second-order valence-corrected chi connectivity index (χ2v) is 2.73. The van der Waals surface area contributed by atoms with Crippen molar-refractivity contribution in [3.63, 3.8) is 0 Å².